The van der Waals surface area contributed by atoms with E-state index in [1.54, 1.807) is 23.1 Å². The molecule has 40 heavy (non-hydrogen) atoms. The van der Waals surface area contributed by atoms with Crippen LogP contribution in [0.15, 0.2) is 114 Å². The largest absolute Gasteiger partial charge is 0.452 e. The fourth-order valence-corrected chi connectivity index (χ4v) is 5.25. The third kappa shape index (κ3) is 5.37. The van der Waals surface area contributed by atoms with E-state index in [1.165, 1.54) is 11.1 Å². The Labute approximate surface area is 232 Å². The number of ether oxygens (including phenoxy) is 1. The van der Waals surface area contributed by atoms with Crippen molar-refractivity contribution in [3.63, 3.8) is 0 Å². The molecule has 1 aliphatic heterocycles. The normalized spacial score (nSPS) is 14.0. The average molecular weight is 532 g/mol. The van der Waals surface area contributed by atoms with E-state index in [0.717, 1.165) is 0 Å². The van der Waals surface area contributed by atoms with Crippen molar-refractivity contribution in [2.45, 2.75) is 6.04 Å². The first-order valence-corrected chi connectivity index (χ1v) is 13.4. The number of hydrogen-bond acceptors (Lipinski definition) is 6. The molecule has 0 unspecified atom stereocenters. The van der Waals surface area contributed by atoms with Crippen molar-refractivity contribution in [1.82, 2.24) is 14.8 Å². The maximum absolute atomic E-state index is 13.0. The SMILES string of the molecule is O=C(OCC(=O)N1CCN(C(c2ccccc2)c2ccccc2)CC1)c1ccccc1-c1nc2ccccc2o1. The summed E-state index contributed by atoms with van der Waals surface area (Å²) in [5.41, 5.74) is 4.62. The summed E-state index contributed by atoms with van der Waals surface area (Å²) in [6, 6.07) is 35.4. The zero-order valence-electron chi connectivity index (χ0n) is 22.0. The number of benzene rings is 4. The van der Waals surface area contributed by atoms with E-state index in [-0.39, 0.29) is 18.6 Å². The topological polar surface area (TPSA) is 75.9 Å². The molecule has 1 saturated heterocycles. The quantitative estimate of drug-likeness (QED) is 0.255. The van der Waals surface area contributed by atoms with Gasteiger partial charge in [0.25, 0.3) is 5.91 Å². The van der Waals surface area contributed by atoms with Crippen molar-refractivity contribution in [2.75, 3.05) is 32.8 Å². The molecule has 6 rings (SSSR count). The van der Waals surface area contributed by atoms with Gasteiger partial charge in [-0.3, -0.25) is 9.69 Å². The first kappa shape index (κ1) is 25.5. The maximum atomic E-state index is 13.0. The van der Waals surface area contributed by atoms with Gasteiger partial charge in [-0.1, -0.05) is 84.9 Å². The van der Waals surface area contributed by atoms with Gasteiger partial charge in [0.15, 0.2) is 12.2 Å². The average Bonchev–Trinajstić information content (AvgIpc) is 3.46. The summed E-state index contributed by atoms with van der Waals surface area (Å²) >= 11 is 0. The van der Waals surface area contributed by atoms with Gasteiger partial charge in [-0.2, -0.15) is 0 Å². The lowest BCUT2D eigenvalue weighted by Crippen LogP contribution is -2.50. The molecule has 1 aliphatic rings. The van der Waals surface area contributed by atoms with Gasteiger partial charge < -0.3 is 14.1 Å². The van der Waals surface area contributed by atoms with Crippen LogP contribution in [0.2, 0.25) is 0 Å². The minimum absolute atomic E-state index is 0.112. The molecule has 0 atom stereocenters. The number of carbonyl (C=O) groups is 2. The number of hydrogen-bond donors (Lipinski definition) is 0. The van der Waals surface area contributed by atoms with Crippen molar-refractivity contribution >= 4 is 23.0 Å². The van der Waals surface area contributed by atoms with E-state index in [4.69, 9.17) is 9.15 Å². The molecular weight excluding hydrogens is 502 g/mol. The first-order chi connectivity index (χ1) is 19.7. The summed E-state index contributed by atoms with van der Waals surface area (Å²) < 4.78 is 11.3. The molecule has 0 spiro atoms. The molecule has 1 fully saturated rings. The van der Waals surface area contributed by atoms with Crippen molar-refractivity contribution in [3.05, 3.63) is 126 Å². The molecule has 0 radical (unpaired) electrons. The third-order valence-corrected chi connectivity index (χ3v) is 7.26. The van der Waals surface area contributed by atoms with Crippen LogP contribution in [-0.2, 0) is 9.53 Å². The molecule has 7 heteroatoms. The molecule has 5 aromatic rings. The van der Waals surface area contributed by atoms with Crippen molar-refractivity contribution in [3.8, 4) is 11.5 Å². The summed E-state index contributed by atoms with van der Waals surface area (Å²) in [6.45, 7) is 2.24. The van der Waals surface area contributed by atoms with Crippen molar-refractivity contribution in [1.29, 1.82) is 0 Å². The van der Waals surface area contributed by atoms with Gasteiger partial charge >= 0.3 is 5.97 Å². The Morgan fingerprint density at radius 2 is 1.35 bits per heavy atom. The van der Waals surface area contributed by atoms with Crippen molar-refractivity contribution < 1.29 is 18.7 Å². The molecule has 1 amide bonds. The Morgan fingerprint density at radius 1 is 0.750 bits per heavy atom. The molecule has 0 saturated carbocycles. The Kier molecular flexibility index (Phi) is 7.37. The number of fused-ring (bicyclic) bond motifs is 1. The summed E-state index contributed by atoms with van der Waals surface area (Å²) in [5.74, 6) is -0.455. The van der Waals surface area contributed by atoms with Crippen LogP contribution < -0.4 is 0 Å². The number of oxazole rings is 1. The van der Waals surface area contributed by atoms with Crippen LogP contribution in [-0.4, -0.2) is 59.4 Å². The Bertz CT molecular complexity index is 1540. The predicted octanol–water partition coefficient (Wildman–Crippen LogP) is 5.59. The second-order valence-electron chi connectivity index (χ2n) is 9.75. The molecule has 7 nitrogen and oxygen atoms in total. The lowest BCUT2D eigenvalue weighted by Gasteiger charge is -2.39. The zero-order chi connectivity index (χ0) is 27.3. The number of amides is 1. The van der Waals surface area contributed by atoms with E-state index >= 15 is 0 Å². The maximum Gasteiger partial charge on any atom is 0.339 e. The van der Waals surface area contributed by atoms with Gasteiger partial charge in [-0.15, -0.1) is 0 Å². The van der Waals surface area contributed by atoms with Crippen LogP contribution in [0.5, 0.6) is 0 Å². The second kappa shape index (κ2) is 11.6. The number of piperazine rings is 1. The lowest BCUT2D eigenvalue weighted by molar-refractivity contribution is -0.136. The highest BCUT2D eigenvalue weighted by Gasteiger charge is 2.29. The van der Waals surface area contributed by atoms with Crippen LogP contribution >= 0.6 is 0 Å². The summed E-state index contributed by atoms with van der Waals surface area (Å²) in [4.78, 5) is 34.7. The number of nitrogens with zero attached hydrogens (tertiary/aromatic N) is 3. The number of para-hydroxylation sites is 2. The van der Waals surface area contributed by atoms with E-state index in [9.17, 15) is 9.59 Å². The fourth-order valence-electron chi connectivity index (χ4n) is 5.25. The highest BCUT2D eigenvalue weighted by molar-refractivity contribution is 5.97. The van der Waals surface area contributed by atoms with E-state index in [1.807, 2.05) is 42.5 Å². The molecule has 4 aromatic carbocycles. The molecule has 0 aliphatic carbocycles. The van der Waals surface area contributed by atoms with Crippen LogP contribution in [0, 0.1) is 0 Å². The smallest absolute Gasteiger partial charge is 0.339 e. The highest BCUT2D eigenvalue weighted by Crippen LogP contribution is 2.30. The van der Waals surface area contributed by atoms with Gasteiger partial charge in [0.1, 0.15) is 5.52 Å². The monoisotopic (exact) mass is 531 g/mol. The summed E-state index contributed by atoms with van der Waals surface area (Å²) in [6.07, 6.45) is 0. The molecule has 200 valence electrons. The third-order valence-electron chi connectivity index (χ3n) is 7.26. The molecule has 0 N–H and O–H groups in total. The Morgan fingerprint density at radius 3 is 2.02 bits per heavy atom. The number of carbonyl (C=O) groups excluding carboxylic acids is 2. The molecular formula is C33H29N3O4. The van der Waals surface area contributed by atoms with Crippen molar-refractivity contribution in [2.24, 2.45) is 0 Å². The van der Waals surface area contributed by atoms with Gasteiger partial charge in [-0.05, 0) is 35.4 Å². The first-order valence-electron chi connectivity index (χ1n) is 13.4. The Hall–Kier alpha value is -4.75. The molecule has 2 heterocycles. The lowest BCUT2D eigenvalue weighted by atomic mass is 9.96. The van der Waals surface area contributed by atoms with Crippen LogP contribution in [0.3, 0.4) is 0 Å². The van der Waals surface area contributed by atoms with E-state index < -0.39 is 5.97 Å². The number of esters is 1. The minimum atomic E-state index is -0.585. The van der Waals surface area contributed by atoms with Gasteiger partial charge in [0.05, 0.1) is 17.2 Å². The standard InChI is InChI=1S/C33H29N3O4/c37-30(23-39-33(38)27-16-8-7-15-26(27)32-34-28-17-9-10-18-29(28)40-32)35-19-21-36(22-20-35)31(24-11-3-1-4-12-24)25-13-5-2-6-14-25/h1-18,31H,19-23H2. The highest BCUT2D eigenvalue weighted by atomic mass is 16.5. The van der Waals surface area contributed by atoms with Crippen LogP contribution in [0.25, 0.3) is 22.6 Å². The van der Waals surface area contributed by atoms with Gasteiger partial charge in [0.2, 0.25) is 5.89 Å². The number of aromatic nitrogens is 1. The zero-order valence-corrected chi connectivity index (χ0v) is 22.0. The van der Waals surface area contributed by atoms with Crippen LogP contribution in [0.1, 0.15) is 27.5 Å². The summed E-state index contributed by atoms with van der Waals surface area (Å²) in [5, 5.41) is 0. The minimum Gasteiger partial charge on any atom is -0.452 e. The summed E-state index contributed by atoms with van der Waals surface area (Å²) in [7, 11) is 0. The fraction of sp³-hybridized carbons (Fsp3) is 0.182. The Balaban J connectivity index is 1.09. The van der Waals surface area contributed by atoms with Gasteiger partial charge in [0, 0.05) is 26.2 Å². The molecule has 0 bridgehead atoms. The molecule has 1 aromatic heterocycles. The van der Waals surface area contributed by atoms with Crippen LogP contribution in [0.4, 0.5) is 0 Å². The number of rotatable bonds is 7. The van der Waals surface area contributed by atoms with E-state index in [0.29, 0.717) is 54.3 Å². The second-order valence-corrected chi connectivity index (χ2v) is 9.75. The predicted molar refractivity (Wildman–Crippen MR) is 153 cm³/mol. The van der Waals surface area contributed by atoms with E-state index in [2.05, 4.69) is 58.4 Å². The van der Waals surface area contributed by atoms with Gasteiger partial charge in [-0.25, -0.2) is 9.78 Å².